The van der Waals surface area contributed by atoms with Gasteiger partial charge in [0.15, 0.2) is 11.2 Å². The first-order valence-electron chi connectivity index (χ1n) is 10.8. The van der Waals surface area contributed by atoms with E-state index in [0.717, 1.165) is 6.33 Å². The number of phosphoric ester groups is 1. The molecule has 0 bridgehead atoms. The Morgan fingerprint density at radius 2 is 1.85 bits per heavy atom. The molecular formula is C17H20N5O15P3. The van der Waals surface area contributed by atoms with E-state index in [-0.39, 0.29) is 35.4 Å². The van der Waals surface area contributed by atoms with Crippen molar-refractivity contribution in [3.8, 4) is 0 Å². The predicted octanol–water partition coefficient (Wildman–Crippen LogP) is 1.24. The number of para-hydroxylation sites is 1. The molecule has 40 heavy (non-hydrogen) atoms. The second-order valence-electron chi connectivity index (χ2n) is 8.04. The normalized spacial score (nSPS) is 22.6. The van der Waals surface area contributed by atoms with E-state index < -0.39 is 59.0 Å². The number of hydrogen-bond acceptors (Lipinski definition) is 13. The number of hydrogen-bond donors (Lipinski definition) is 5. The van der Waals surface area contributed by atoms with Crippen LogP contribution in [-0.2, 0) is 42.9 Å². The van der Waals surface area contributed by atoms with E-state index in [2.05, 4.69) is 23.6 Å². The Kier molecular flexibility index (Phi) is 8.82. The molecule has 3 heterocycles. The van der Waals surface area contributed by atoms with Gasteiger partial charge in [-0.25, -0.2) is 23.7 Å². The monoisotopic (exact) mass is 627 g/mol. The van der Waals surface area contributed by atoms with Crippen molar-refractivity contribution >= 4 is 40.3 Å². The van der Waals surface area contributed by atoms with Gasteiger partial charge in [0.2, 0.25) is 0 Å². The van der Waals surface area contributed by atoms with Gasteiger partial charge in [-0.05, 0) is 6.07 Å². The maximum atomic E-state index is 12.2. The van der Waals surface area contributed by atoms with Crippen molar-refractivity contribution in [2.24, 2.45) is 0 Å². The smallest absolute Gasteiger partial charge is 0.370 e. The number of rotatable bonds is 12. The van der Waals surface area contributed by atoms with Gasteiger partial charge in [0, 0.05) is 12.5 Å². The van der Waals surface area contributed by atoms with Gasteiger partial charge < -0.3 is 34.0 Å². The number of ether oxygens (including phenoxy) is 2. The summed E-state index contributed by atoms with van der Waals surface area (Å²) in [5, 5.41) is 11.3. The molecule has 3 aromatic rings. The fraction of sp³-hybridized carbons (Fsp3) is 0.353. The third kappa shape index (κ3) is 7.52. The lowest BCUT2D eigenvalue weighted by atomic mass is 10.1. The first-order chi connectivity index (χ1) is 18.6. The standard InChI is InChI=1S/C17H20N5O15P3/c23-17-15-16(18-8-19-17)21(9-20-15)14-5-12(33-6-10-3-1-2-4-11(10)22(24)25)13(35-14)7-34-39(29,30)37-40(31,32)36-38(26,27)28/h1-4,8-9,12-14H,5-7H2,(H,29,30)(H,31,32)(H,18,19,23)(H2,26,27,28). The quantitative estimate of drug-likeness (QED) is 0.107. The number of aromatic nitrogens is 4. The van der Waals surface area contributed by atoms with Crippen LogP contribution in [0.5, 0.6) is 0 Å². The molecule has 1 aliphatic heterocycles. The number of imidazole rings is 1. The molecule has 5 unspecified atom stereocenters. The van der Waals surface area contributed by atoms with Gasteiger partial charge in [-0.15, -0.1) is 0 Å². The van der Waals surface area contributed by atoms with Crippen LogP contribution in [0.3, 0.4) is 0 Å². The van der Waals surface area contributed by atoms with E-state index in [1.54, 1.807) is 6.07 Å². The molecule has 1 fully saturated rings. The second-order valence-corrected chi connectivity index (χ2v) is 12.5. The van der Waals surface area contributed by atoms with E-state index in [9.17, 15) is 38.4 Å². The maximum Gasteiger partial charge on any atom is 0.490 e. The highest BCUT2D eigenvalue weighted by Crippen LogP contribution is 2.66. The van der Waals surface area contributed by atoms with Crippen LogP contribution < -0.4 is 5.56 Å². The number of aromatic amines is 1. The Labute approximate surface area is 222 Å². The van der Waals surface area contributed by atoms with E-state index in [1.807, 2.05) is 0 Å². The number of H-pyrrole nitrogens is 1. The molecule has 0 radical (unpaired) electrons. The van der Waals surface area contributed by atoms with Gasteiger partial charge >= 0.3 is 23.5 Å². The van der Waals surface area contributed by atoms with E-state index >= 15 is 0 Å². The lowest BCUT2D eigenvalue weighted by Crippen LogP contribution is -2.29. The molecule has 0 spiro atoms. The van der Waals surface area contributed by atoms with Gasteiger partial charge in [0.05, 0.1) is 42.5 Å². The Morgan fingerprint density at radius 1 is 1.12 bits per heavy atom. The van der Waals surface area contributed by atoms with Crippen LogP contribution in [-0.4, -0.2) is 62.8 Å². The number of fused-ring (bicyclic) bond motifs is 1. The molecule has 5 atom stereocenters. The molecular weight excluding hydrogens is 607 g/mol. The molecule has 0 aliphatic carbocycles. The molecule has 4 rings (SSSR count). The first kappa shape index (κ1) is 30.3. The van der Waals surface area contributed by atoms with Gasteiger partial charge in [-0.3, -0.25) is 24.0 Å². The number of nitrogens with one attached hydrogen (secondary N) is 1. The lowest BCUT2D eigenvalue weighted by molar-refractivity contribution is -0.386. The number of benzene rings is 1. The number of phosphoric acid groups is 3. The number of nitro benzene ring substituents is 1. The molecule has 1 saturated heterocycles. The fourth-order valence-electron chi connectivity index (χ4n) is 3.75. The summed E-state index contributed by atoms with van der Waals surface area (Å²) in [5.41, 5.74) is -0.453. The minimum absolute atomic E-state index is 0.00893. The van der Waals surface area contributed by atoms with E-state index in [0.29, 0.717) is 0 Å². The molecule has 218 valence electrons. The summed E-state index contributed by atoms with van der Waals surface area (Å²) in [6.45, 7) is -1.14. The van der Waals surface area contributed by atoms with Crippen LogP contribution in [0.15, 0.2) is 41.7 Å². The molecule has 23 heteroatoms. The summed E-state index contributed by atoms with van der Waals surface area (Å²) in [4.78, 5) is 69.6. The van der Waals surface area contributed by atoms with Crippen LogP contribution in [0, 0.1) is 10.1 Å². The highest BCUT2D eigenvalue weighted by molar-refractivity contribution is 7.66. The van der Waals surface area contributed by atoms with Gasteiger partial charge in [0.25, 0.3) is 11.2 Å². The van der Waals surface area contributed by atoms with E-state index in [4.69, 9.17) is 23.8 Å². The van der Waals surface area contributed by atoms with Crippen molar-refractivity contribution in [1.29, 1.82) is 0 Å². The fourth-order valence-corrected chi connectivity index (χ4v) is 6.78. The second kappa shape index (κ2) is 11.7. The summed E-state index contributed by atoms with van der Waals surface area (Å²) in [6, 6.07) is 5.72. The first-order valence-corrected chi connectivity index (χ1v) is 15.3. The van der Waals surface area contributed by atoms with Crippen molar-refractivity contribution in [3.63, 3.8) is 0 Å². The third-order valence-electron chi connectivity index (χ3n) is 5.31. The van der Waals surface area contributed by atoms with Gasteiger partial charge in [0.1, 0.15) is 12.3 Å². The SMILES string of the molecule is O=c1[nH]cnc2c1ncn2C1CC(OCc2ccccc2[N+](=O)[O-])C(COP(=O)(O)OP(=O)(O)OP(=O)(O)O)O1. The molecule has 2 aromatic heterocycles. The van der Waals surface area contributed by atoms with Crippen molar-refractivity contribution in [1.82, 2.24) is 19.5 Å². The van der Waals surface area contributed by atoms with Gasteiger partial charge in [-0.1, -0.05) is 12.1 Å². The van der Waals surface area contributed by atoms with Crippen LogP contribution in [0.25, 0.3) is 11.2 Å². The summed E-state index contributed by atoms with van der Waals surface area (Å²) < 4.78 is 59.8. The Morgan fingerprint density at radius 3 is 2.55 bits per heavy atom. The minimum atomic E-state index is -5.75. The summed E-state index contributed by atoms with van der Waals surface area (Å²) in [6.07, 6.45) is -0.780. The zero-order valence-electron chi connectivity index (χ0n) is 19.7. The molecule has 5 N–H and O–H groups in total. The third-order valence-corrected chi connectivity index (χ3v) is 9.12. The number of nitro groups is 1. The highest BCUT2D eigenvalue weighted by Gasteiger charge is 2.43. The van der Waals surface area contributed by atoms with Crippen molar-refractivity contribution in [3.05, 3.63) is 63.0 Å². The molecule has 1 aliphatic rings. The summed E-state index contributed by atoms with van der Waals surface area (Å²) in [7, 11) is -16.8. The Balaban J connectivity index is 1.53. The van der Waals surface area contributed by atoms with Crippen molar-refractivity contribution in [2.45, 2.75) is 31.5 Å². The largest absolute Gasteiger partial charge is 0.490 e. The zero-order chi connectivity index (χ0) is 29.3. The summed E-state index contributed by atoms with van der Waals surface area (Å²) >= 11 is 0. The molecule has 20 nitrogen and oxygen atoms in total. The minimum Gasteiger partial charge on any atom is -0.370 e. The van der Waals surface area contributed by atoms with Crippen LogP contribution in [0.2, 0.25) is 0 Å². The predicted molar refractivity (Wildman–Crippen MR) is 128 cm³/mol. The molecule has 1 aromatic carbocycles. The molecule has 0 saturated carbocycles. The lowest BCUT2D eigenvalue weighted by Gasteiger charge is -2.21. The molecule has 0 amide bonds. The Bertz CT molecular complexity index is 1600. The van der Waals surface area contributed by atoms with Crippen molar-refractivity contribution in [2.75, 3.05) is 6.61 Å². The average molecular weight is 627 g/mol. The highest BCUT2D eigenvalue weighted by atomic mass is 31.3. The summed E-state index contributed by atoms with van der Waals surface area (Å²) in [5.74, 6) is 0. The van der Waals surface area contributed by atoms with Gasteiger partial charge in [-0.2, -0.15) is 8.62 Å². The van der Waals surface area contributed by atoms with Crippen LogP contribution in [0.1, 0.15) is 18.2 Å². The van der Waals surface area contributed by atoms with Crippen molar-refractivity contribution < 1.29 is 60.8 Å². The average Bonchev–Trinajstić information content (AvgIpc) is 3.44. The number of nitrogens with zero attached hydrogens (tertiary/aromatic N) is 4. The zero-order valence-corrected chi connectivity index (χ0v) is 22.4. The Hall–Kier alpha value is -2.70. The van der Waals surface area contributed by atoms with E-state index in [1.165, 1.54) is 29.1 Å². The van der Waals surface area contributed by atoms with Crippen LogP contribution >= 0.6 is 23.5 Å². The van der Waals surface area contributed by atoms with Crippen LogP contribution in [0.4, 0.5) is 5.69 Å². The maximum absolute atomic E-state index is 12.2. The topological polar surface area (TPSA) is 285 Å².